The third-order valence-corrected chi connectivity index (χ3v) is 12.2. The largest absolute Gasteiger partial charge is 0.449 e. The van der Waals surface area contributed by atoms with E-state index in [4.69, 9.17) is 9.47 Å². The van der Waals surface area contributed by atoms with Gasteiger partial charge >= 0.3 is 0 Å². The summed E-state index contributed by atoms with van der Waals surface area (Å²) in [7, 11) is 0. The van der Waals surface area contributed by atoms with Crippen molar-refractivity contribution in [1.82, 2.24) is 0 Å². The molecule has 3 heteroatoms. The van der Waals surface area contributed by atoms with Crippen molar-refractivity contribution < 1.29 is 9.47 Å². The van der Waals surface area contributed by atoms with Gasteiger partial charge in [0.25, 0.3) is 0 Å². The maximum Gasteiger partial charge on any atom is 0.194 e. The molecule has 9 aromatic rings. The standard InChI is InChI=1S/C55H35NO2/c1-3-16-36(17-4-1)37-30-32-38(33-31-37)40-20-10-14-27-48(40)56(39-18-5-2-6-19-39)49-28-15-29-50-53(49)57-51-35-34-47-52(54(51)58-50)43-23-9-13-26-46(43)55(47)44-24-11-7-21-41(44)42-22-8-12-25-45(42)55/h1-35H. The second-order valence-corrected chi connectivity index (χ2v) is 15.1. The fourth-order valence-corrected chi connectivity index (χ4v) is 9.77. The second-order valence-electron chi connectivity index (χ2n) is 15.1. The molecule has 2 aliphatic carbocycles. The molecule has 9 aromatic carbocycles. The van der Waals surface area contributed by atoms with Crippen molar-refractivity contribution in [2.45, 2.75) is 5.41 Å². The second kappa shape index (κ2) is 12.7. The van der Waals surface area contributed by atoms with Crippen molar-refractivity contribution in [2.24, 2.45) is 0 Å². The Morgan fingerprint density at radius 2 is 0.810 bits per heavy atom. The topological polar surface area (TPSA) is 21.7 Å². The number of fused-ring (bicyclic) bond motifs is 13. The molecule has 1 spiro atoms. The van der Waals surface area contributed by atoms with Crippen LogP contribution in [0.15, 0.2) is 212 Å². The zero-order chi connectivity index (χ0) is 38.2. The first kappa shape index (κ1) is 32.6. The van der Waals surface area contributed by atoms with E-state index in [1.165, 1.54) is 50.1 Å². The molecule has 0 bridgehead atoms. The molecule has 0 saturated carbocycles. The van der Waals surface area contributed by atoms with Crippen molar-refractivity contribution in [2.75, 3.05) is 4.90 Å². The number of anilines is 3. The van der Waals surface area contributed by atoms with Gasteiger partial charge in [0.05, 0.1) is 16.8 Å². The van der Waals surface area contributed by atoms with Gasteiger partial charge in [0.1, 0.15) is 0 Å². The van der Waals surface area contributed by atoms with E-state index >= 15 is 0 Å². The number of para-hydroxylation sites is 3. The van der Waals surface area contributed by atoms with Crippen LogP contribution in [0.1, 0.15) is 22.3 Å². The van der Waals surface area contributed by atoms with Gasteiger partial charge in [-0.3, -0.25) is 0 Å². The lowest BCUT2D eigenvalue weighted by Gasteiger charge is -2.33. The predicted molar refractivity (Wildman–Crippen MR) is 235 cm³/mol. The van der Waals surface area contributed by atoms with E-state index in [9.17, 15) is 0 Å². The molecule has 272 valence electrons. The highest BCUT2D eigenvalue weighted by Gasteiger charge is 2.53. The lowest BCUT2D eigenvalue weighted by molar-refractivity contribution is 0.361. The van der Waals surface area contributed by atoms with Crippen LogP contribution in [0.5, 0.6) is 23.0 Å². The van der Waals surface area contributed by atoms with E-state index in [-0.39, 0.29) is 0 Å². The number of hydrogen-bond donors (Lipinski definition) is 0. The van der Waals surface area contributed by atoms with Gasteiger partial charge in [-0.25, -0.2) is 0 Å². The summed E-state index contributed by atoms with van der Waals surface area (Å²) in [6.45, 7) is 0. The molecule has 58 heavy (non-hydrogen) atoms. The summed E-state index contributed by atoms with van der Waals surface area (Å²) < 4.78 is 14.2. The van der Waals surface area contributed by atoms with Gasteiger partial charge in [0.2, 0.25) is 0 Å². The maximum atomic E-state index is 7.14. The molecule has 0 fully saturated rings. The predicted octanol–water partition coefficient (Wildman–Crippen LogP) is 14.7. The molecule has 0 radical (unpaired) electrons. The van der Waals surface area contributed by atoms with E-state index in [1.54, 1.807) is 0 Å². The van der Waals surface area contributed by atoms with Crippen LogP contribution in [0.3, 0.4) is 0 Å². The summed E-state index contributed by atoms with van der Waals surface area (Å²) in [5.41, 5.74) is 17.0. The van der Waals surface area contributed by atoms with E-state index in [0.717, 1.165) is 39.5 Å². The van der Waals surface area contributed by atoms with Crippen molar-refractivity contribution in [3.05, 3.63) is 235 Å². The Morgan fingerprint density at radius 3 is 1.52 bits per heavy atom. The van der Waals surface area contributed by atoms with Crippen molar-refractivity contribution >= 4 is 17.1 Å². The van der Waals surface area contributed by atoms with Crippen molar-refractivity contribution in [1.29, 1.82) is 0 Å². The first-order valence-corrected chi connectivity index (χ1v) is 19.8. The zero-order valence-corrected chi connectivity index (χ0v) is 31.5. The summed E-state index contributed by atoms with van der Waals surface area (Å²) >= 11 is 0. The third kappa shape index (κ3) is 4.62. The Kier molecular flexibility index (Phi) is 7.14. The molecule has 0 aromatic heterocycles. The fraction of sp³-hybridized carbons (Fsp3) is 0.0182. The lowest BCUT2D eigenvalue weighted by Crippen LogP contribution is -2.25. The van der Waals surface area contributed by atoms with Crippen LogP contribution >= 0.6 is 0 Å². The molecule has 0 atom stereocenters. The highest BCUT2D eigenvalue weighted by Crippen LogP contribution is 2.66. The molecule has 0 amide bonds. The van der Waals surface area contributed by atoms with Crippen LogP contribution in [-0.4, -0.2) is 0 Å². The number of hydrogen-bond acceptors (Lipinski definition) is 3. The minimum absolute atomic E-state index is 0.466. The molecule has 1 aliphatic heterocycles. The Labute approximate surface area is 337 Å². The molecule has 0 saturated heterocycles. The summed E-state index contributed by atoms with van der Waals surface area (Å²) in [6.07, 6.45) is 0. The molecule has 3 aliphatic rings. The monoisotopic (exact) mass is 741 g/mol. The van der Waals surface area contributed by atoms with Crippen LogP contribution in [0.4, 0.5) is 17.1 Å². The van der Waals surface area contributed by atoms with Crippen molar-refractivity contribution in [3.63, 3.8) is 0 Å². The van der Waals surface area contributed by atoms with Crippen molar-refractivity contribution in [3.8, 4) is 67.5 Å². The van der Waals surface area contributed by atoms with Crippen LogP contribution in [0, 0.1) is 0 Å². The Morgan fingerprint density at radius 1 is 0.310 bits per heavy atom. The minimum Gasteiger partial charge on any atom is -0.449 e. The van der Waals surface area contributed by atoms with Gasteiger partial charge < -0.3 is 14.4 Å². The molecule has 1 heterocycles. The normalized spacial score (nSPS) is 13.2. The van der Waals surface area contributed by atoms with Gasteiger partial charge in [-0.15, -0.1) is 0 Å². The molecular weight excluding hydrogens is 707 g/mol. The number of nitrogens with zero attached hydrogens (tertiary/aromatic N) is 1. The Balaban J connectivity index is 1.01. The van der Waals surface area contributed by atoms with E-state index in [0.29, 0.717) is 17.2 Å². The van der Waals surface area contributed by atoms with E-state index < -0.39 is 5.41 Å². The van der Waals surface area contributed by atoms with Crippen LogP contribution in [-0.2, 0) is 5.41 Å². The van der Waals surface area contributed by atoms with Crippen LogP contribution < -0.4 is 14.4 Å². The fourth-order valence-electron chi connectivity index (χ4n) is 9.77. The Hall–Kier alpha value is -7.62. The maximum absolute atomic E-state index is 7.14. The number of benzene rings is 9. The van der Waals surface area contributed by atoms with E-state index in [2.05, 4.69) is 211 Å². The van der Waals surface area contributed by atoms with Crippen LogP contribution in [0.2, 0.25) is 0 Å². The molecule has 12 rings (SSSR count). The molecule has 0 N–H and O–H groups in total. The smallest absolute Gasteiger partial charge is 0.194 e. The zero-order valence-electron chi connectivity index (χ0n) is 31.5. The highest BCUT2D eigenvalue weighted by atomic mass is 16.6. The van der Waals surface area contributed by atoms with Gasteiger partial charge in [0, 0.05) is 16.8 Å². The van der Waals surface area contributed by atoms with Crippen LogP contribution in [0.25, 0.3) is 44.5 Å². The number of ether oxygens (including phenoxy) is 2. The quantitative estimate of drug-likeness (QED) is 0.175. The van der Waals surface area contributed by atoms with Gasteiger partial charge in [0.15, 0.2) is 23.0 Å². The minimum atomic E-state index is -0.466. The Bertz CT molecular complexity index is 3020. The summed E-state index contributed by atoms with van der Waals surface area (Å²) in [5.74, 6) is 2.79. The average Bonchev–Trinajstić information content (AvgIpc) is 3.77. The third-order valence-electron chi connectivity index (χ3n) is 12.2. The van der Waals surface area contributed by atoms with Gasteiger partial charge in [-0.2, -0.15) is 0 Å². The molecular formula is C55H35NO2. The first-order chi connectivity index (χ1) is 28.8. The summed E-state index contributed by atoms with van der Waals surface area (Å²) in [5, 5.41) is 0. The van der Waals surface area contributed by atoms with E-state index in [1.807, 2.05) is 6.07 Å². The summed E-state index contributed by atoms with van der Waals surface area (Å²) in [4.78, 5) is 2.29. The SMILES string of the molecule is c1ccc(-c2ccc(-c3ccccc3N(c3ccccc3)c3cccc4c3Oc3ccc5c(c3O4)-c3ccccc3C53c4ccccc4-c4ccccc43)cc2)cc1. The number of rotatable bonds is 5. The van der Waals surface area contributed by atoms with Gasteiger partial charge in [-0.1, -0.05) is 176 Å². The first-order valence-electron chi connectivity index (χ1n) is 19.8. The molecule has 3 nitrogen and oxygen atoms in total. The highest BCUT2D eigenvalue weighted by molar-refractivity contribution is 5.98. The molecule has 0 unspecified atom stereocenters. The summed E-state index contributed by atoms with van der Waals surface area (Å²) in [6, 6.07) is 75.6. The van der Waals surface area contributed by atoms with Gasteiger partial charge in [-0.05, 0) is 92.0 Å². The lowest BCUT2D eigenvalue weighted by atomic mass is 9.70. The average molecular weight is 742 g/mol.